The number of aromatic nitrogens is 1. The van der Waals surface area contributed by atoms with Crippen molar-refractivity contribution in [3.63, 3.8) is 0 Å². The molecule has 0 saturated carbocycles. The van der Waals surface area contributed by atoms with E-state index in [0.717, 1.165) is 44.9 Å². The lowest BCUT2D eigenvalue weighted by Crippen LogP contribution is -2.27. The van der Waals surface area contributed by atoms with Crippen molar-refractivity contribution < 1.29 is 14.0 Å². The number of nitrogens with zero attached hydrogens (tertiary/aromatic N) is 2. The predicted molar refractivity (Wildman–Crippen MR) is 135 cm³/mol. The second kappa shape index (κ2) is 9.12. The molecule has 4 nitrogen and oxygen atoms in total. The number of para-hydroxylation sites is 1. The topological polar surface area (TPSA) is 42.3 Å². The predicted octanol–water partition coefficient (Wildman–Crippen LogP) is 7.03. The molecular formula is C27H20ClFN2O2S. The fourth-order valence-corrected chi connectivity index (χ4v) is 5.15. The number of imide groups is 1. The summed E-state index contributed by atoms with van der Waals surface area (Å²) in [6, 6.07) is 19.9. The number of benzene rings is 3. The molecule has 0 bridgehead atoms. The fourth-order valence-electron chi connectivity index (χ4n) is 4.09. The van der Waals surface area contributed by atoms with Crippen molar-refractivity contribution in [1.82, 2.24) is 9.47 Å². The summed E-state index contributed by atoms with van der Waals surface area (Å²) in [5, 5.41) is 1.03. The van der Waals surface area contributed by atoms with Gasteiger partial charge in [-0.15, -0.1) is 0 Å². The first-order valence-electron chi connectivity index (χ1n) is 10.7. The van der Waals surface area contributed by atoms with Gasteiger partial charge in [0.2, 0.25) is 0 Å². The van der Waals surface area contributed by atoms with Crippen LogP contribution in [0.3, 0.4) is 0 Å². The van der Waals surface area contributed by atoms with Gasteiger partial charge in [-0.05, 0) is 59.7 Å². The van der Waals surface area contributed by atoms with Gasteiger partial charge in [-0.2, -0.15) is 0 Å². The zero-order chi connectivity index (χ0) is 23.8. The van der Waals surface area contributed by atoms with Crippen LogP contribution in [0.25, 0.3) is 17.0 Å². The first-order valence-corrected chi connectivity index (χ1v) is 11.9. The molecule has 0 unspecified atom stereocenters. The van der Waals surface area contributed by atoms with E-state index in [4.69, 9.17) is 11.6 Å². The number of hydrogen-bond donors (Lipinski definition) is 0. The molecule has 0 spiro atoms. The third-order valence-corrected chi connectivity index (χ3v) is 7.18. The molecule has 0 aliphatic carbocycles. The lowest BCUT2D eigenvalue weighted by molar-refractivity contribution is -0.123. The van der Waals surface area contributed by atoms with Crippen molar-refractivity contribution in [2.24, 2.45) is 0 Å². The lowest BCUT2D eigenvalue weighted by Gasteiger charge is -2.14. The van der Waals surface area contributed by atoms with E-state index in [-0.39, 0.29) is 23.5 Å². The number of amides is 2. The maximum atomic E-state index is 13.5. The molecule has 1 aromatic heterocycles. The summed E-state index contributed by atoms with van der Waals surface area (Å²) in [5.74, 6) is -0.676. The van der Waals surface area contributed by atoms with Crippen LogP contribution in [0.2, 0.25) is 5.02 Å². The molecule has 0 atom stereocenters. The third kappa shape index (κ3) is 4.27. The minimum Gasteiger partial charge on any atom is -0.342 e. The van der Waals surface area contributed by atoms with E-state index in [1.54, 1.807) is 12.1 Å². The van der Waals surface area contributed by atoms with Crippen LogP contribution in [0, 0.1) is 12.7 Å². The summed E-state index contributed by atoms with van der Waals surface area (Å²) in [7, 11) is 0. The molecular weight excluding hydrogens is 471 g/mol. The van der Waals surface area contributed by atoms with Crippen LogP contribution < -0.4 is 0 Å². The largest absolute Gasteiger partial charge is 0.342 e. The van der Waals surface area contributed by atoms with Crippen LogP contribution in [0.5, 0.6) is 0 Å². The van der Waals surface area contributed by atoms with Crippen LogP contribution in [-0.2, 0) is 17.9 Å². The van der Waals surface area contributed by atoms with Crippen molar-refractivity contribution in [3.8, 4) is 0 Å². The highest BCUT2D eigenvalue weighted by molar-refractivity contribution is 8.18. The van der Waals surface area contributed by atoms with Crippen LogP contribution in [0.15, 0.2) is 77.8 Å². The normalized spacial score (nSPS) is 15.1. The Morgan fingerprint density at radius 3 is 2.53 bits per heavy atom. The molecule has 2 amide bonds. The first kappa shape index (κ1) is 22.4. The Morgan fingerprint density at radius 2 is 1.74 bits per heavy atom. The Morgan fingerprint density at radius 1 is 0.971 bits per heavy atom. The number of halogens is 2. The zero-order valence-corrected chi connectivity index (χ0v) is 19.9. The van der Waals surface area contributed by atoms with E-state index >= 15 is 0 Å². The quantitative estimate of drug-likeness (QED) is 0.282. The van der Waals surface area contributed by atoms with E-state index in [0.29, 0.717) is 16.5 Å². The smallest absolute Gasteiger partial charge is 0.293 e. The molecule has 2 heterocycles. The summed E-state index contributed by atoms with van der Waals surface area (Å²) in [6.45, 7) is 2.66. The van der Waals surface area contributed by atoms with E-state index < -0.39 is 0 Å². The van der Waals surface area contributed by atoms with Crippen molar-refractivity contribution in [2.45, 2.75) is 20.0 Å². The molecule has 4 aromatic rings. The number of aryl methyl sites for hydroxylation is 1. The Bertz CT molecular complexity index is 1480. The van der Waals surface area contributed by atoms with Crippen LogP contribution in [0.4, 0.5) is 9.18 Å². The zero-order valence-electron chi connectivity index (χ0n) is 18.3. The molecule has 34 heavy (non-hydrogen) atoms. The summed E-state index contributed by atoms with van der Waals surface area (Å²) in [4.78, 5) is 27.4. The summed E-state index contributed by atoms with van der Waals surface area (Å²) in [6.07, 6.45) is 3.70. The highest BCUT2D eigenvalue weighted by Crippen LogP contribution is 2.35. The van der Waals surface area contributed by atoms with E-state index in [1.165, 1.54) is 17.0 Å². The summed E-state index contributed by atoms with van der Waals surface area (Å²) >= 11 is 7.20. The molecule has 1 aliphatic heterocycles. The minimum absolute atomic E-state index is 0.250. The van der Waals surface area contributed by atoms with E-state index in [1.807, 2.05) is 66.2 Å². The second-order valence-electron chi connectivity index (χ2n) is 8.16. The van der Waals surface area contributed by atoms with E-state index in [2.05, 4.69) is 0 Å². The van der Waals surface area contributed by atoms with Gasteiger partial charge in [0.05, 0.1) is 11.4 Å². The highest BCUT2D eigenvalue weighted by atomic mass is 35.5. The van der Waals surface area contributed by atoms with Crippen LogP contribution in [0.1, 0.15) is 22.3 Å². The van der Waals surface area contributed by atoms with Gasteiger partial charge < -0.3 is 4.57 Å². The van der Waals surface area contributed by atoms with Gasteiger partial charge in [0.15, 0.2) is 0 Å². The third-order valence-electron chi connectivity index (χ3n) is 5.93. The van der Waals surface area contributed by atoms with Crippen molar-refractivity contribution in [2.75, 3.05) is 0 Å². The Labute approximate surface area is 205 Å². The molecule has 5 rings (SSSR count). The van der Waals surface area contributed by atoms with Gasteiger partial charge in [0, 0.05) is 34.2 Å². The van der Waals surface area contributed by atoms with Gasteiger partial charge in [0.25, 0.3) is 11.1 Å². The number of thioether (sulfide) groups is 1. The Balaban J connectivity index is 1.48. The Kier molecular flexibility index (Phi) is 6.02. The number of rotatable bonds is 5. The summed E-state index contributed by atoms with van der Waals surface area (Å²) in [5.41, 5.74) is 4.55. The molecule has 3 aromatic carbocycles. The van der Waals surface area contributed by atoms with Crippen LogP contribution in [-0.4, -0.2) is 20.6 Å². The van der Waals surface area contributed by atoms with Gasteiger partial charge >= 0.3 is 0 Å². The maximum Gasteiger partial charge on any atom is 0.293 e. The van der Waals surface area contributed by atoms with Gasteiger partial charge in [0.1, 0.15) is 5.82 Å². The van der Waals surface area contributed by atoms with Gasteiger partial charge in [-0.25, -0.2) is 4.39 Å². The SMILES string of the molecule is Cc1ccccc1CN1C(=O)S/C(=C\c2cn(Cc3ccc(F)cc3Cl)c3ccccc23)C1=O. The number of hydrogen-bond acceptors (Lipinski definition) is 3. The fraction of sp³-hybridized carbons (Fsp3) is 0.111. The summed E-state index contributed by atoms with van der Waals surface area (Å²) < 4.78 is 15.5. The second-order valence-corrected chi connectivity index (χ2v) is 9.56. The average molecular weight is 491 g/mol. The highest BCUT2D eigenvalue weighted by Gasteiger charge is 2.35. The molecule has 1 saturated heterocycles. The molecule has 0 radical (unpaired) electrons. The monoisotopic (exact) mass is 490 g/mol. The molecule has 1 fully saturated rings. The van der Waals surface area contributed by atoms with Crippen LogP contribution >= 0.6 is 23.4 Å². The maximum absolute atomic E-state index is 13.5. The average Bonchev–Trinajstić information content (AvgIpc) is 3.29. The van der Waals surface area contributed by atoms with Crippen molar-refractivity contribution in [3.05, 3.63) is 111 Å². The Hall–Kier alpha value is -3.35. The first-order chi connectivity index (χ1) is 16.4. The minimum atomic E-state index is -0.381. The van der Waals surface area contributed by atoms with Crippen molar-refractivity contribution in [1.29, 1.82) is 0 Å². The lowest BCUT2D eigenvalue weighted by atomic mass is 10.1. The molecule has 7 heteroatoms. The van der Waals surface area contributed by atoms with Crippen molar-refractivity contribution >= 4 is 51.5 Å². The van der Waals surface area contributed by atoms with E-state index in [9.17, 15) is 14.0 Å². The van der Waals surface area contributed by atoms with Gasteiger partial charge in [-0.1, -0.05) is 60.1 Å². The number of fused-ring (bicyclic) bond motifs is 1. The molecule has 170 valence electrons. The number of carbonyl (C=O) groups is 2. The molecule has 0 N–H and O–H groups in total. The van der Waals surface area contributed by atoms with Gasteiger partial charge in [-0.3, -0.25) is 14.5 Å². The standard InChI is InChI=1S/C27H20ClFN2O2S/c1-17-6-2-3-7-18(17)16-31-26(32)25(34-27(31)33)12-20-15-30(24-9-5-4-8-22(20)24)14-19-10-11-21(29)13-23(19)28/h2-13,15H,14,16H2,1H3/b25-12-. The molecule has 1 aliphatic rings. The number of carbonyl (C=O) groups excluding carboxylic acids is 2.